The van der Waals surface area contributed by atoms with Gasteiger partial charge in [-0.3, -0.25) is 14.4 Å². The molecule has 0 rings (SSSR count). The lowest BCUT2D eigenvalue weighted by Crippen LogP contribution is -2.34. The Morgan fingerprint density at radius 1 is 0.719 bits per heavy atom. The molecule has 0 saturated heterocycles. The van der Waals surface area contributed by atoms with Crippen molar-refractivity contribution in [3.8, 4) is 0 Å². The molecule has 0 aromatic rings. The number of carbonyl (C=O) groups is 3. The van der Waals surface area contributed by atoms with Crippen LogP contribution in [0, 0.1) is 11.8 Å². The van der Waals surface area contributed by atoms with Crippen LogP contribution in [0.4, 0.5) is 0 Å². The third-order valence-corrected chi connectivity index (χ3v) is 5.56. The Bertz CT molecular complexity index is 507. The summed E-state index contributed by atoms with van der Waals surface area (Å²) >= 11 is 0. The SMILES string of the molecule is CCCCCCCOC(=O)CC(C(=O)OCCCCCCC)C(C)C(=O)OCC(O)CC. The van der Waals surface area contributed by atoms with E-state index in [1.165, 1.54) is 0 Å². The van der Waals surface area contributed by atoms with Gasteiger partial charge in [-0.05, 0) is 19.3 Å². The van der Waals surface area contributed by atoms with Crippen LogP contribution in [-0.2, 0) is 28.6 Å². The number of hydrogen-bond donors (Lipinski definition) is 1. The lowest BCUT2D eigenvalue weighted by molar-refractivity contribution is -0.165. The van der Waals surface area contributed by atoms with E-state index in [9.17, 15) is 19.5 Å². The molecule has 188 valence electrons. The van der Waals surface area contributed by atoms with Crippen molar-refractivity contribution in [2.45, 2.75) is 111 Å². The highest BCUT2D eigenvalue weighted by Crippen LogP contribution is 2.21. The standard InChI is InChI=1S/C25H46O7/c1-5-8-10-12-14-16-30-23(27)18-22(20(4)24(28)32-19-21(26)7-3)25(29)31-17-15-13-11-9-6-2/h20-22,26H,5-19H2,1-4H3. The highest BCUT2D eigenvalue weighted by atomic mass is 16.5. The Morgan fingerprint density at radius 3 is 1.78 bits per heavy atom. The summed E-state index contributed by atoms with van der Waals surface area (Å²) in [4.78, 5) is 37.4. The molecular weight excluding hydrogens is 412 g/mol. The fraction of sp³-hybridized carbons (Fsp3) is 0.880. The van der Waals surface area contributed by atoms with Gasteiger partial charge < -0.3 is 19.3 Å². The zero-order valence-corrected chi connectivity index (χ0v) is 20.7. The highest BCUT2D eigenvalue weighted by molar-refractivity contribution is 5.85. The normalized spacial score (nSPS) is 13.8. The van der Waals surface area contributed by atoms with Crippen LogP contribution in [0.5, 0.6) is 0 Å². The van der Waals surface area contributed by atoms with Crippen molar-refractivity contribution < 1.29 is 33.7 Å². The van der Waals surface area contributed by atoms with E-state index < -0.39 is 35.8 Å². The van der Waals surface area contributed by atoms with Gasteiger partial charge in [0, 0.05) is 0 Å². The molecule has 3 atom stereocenters. The molecule has 0 bridgehead atoms. The van der Waals surface area contributed by atoms with E-state index in [1.807, 2.05) is 0 Å². The first-order valence-electron chi connectivity index (χ1n) is 12.5. The minimum absolute atomic E-state index is 0.138. The minimum atomic E-state index is -0.968. The molecule has 0 amide bonds. The summed E-state index contributed by atoms with van der Waals surface area (Å²) in [5, 5.41) is 9.62. The number of aliphatic hydroxyl groups excluding tert-OH is 1. The molecule has 0 heterocycles. The molecule has 0 aromatic carbocycles. The fourth-order valence-corrected chi connectivity index (χ4v) is 3.17. The largest absolute Gasteiger partial charge is 0.466 e. The monoisotopic (exact) mass is 458 g/mol. The van der Waals surface area contributed by atoms with Gasteiger partial charge in [-0.25, -0.2) is 0 Å². The second-order valence-electron chi connectivity index (χ2n) is 8.51. The van der Waals surface area contributed by atoms with Crippen LogP contribution in [0.2, 0.25) is 0 Å². The maximum absolute atomic E-state index is 12.7. The number of hydrogen-bond acceptors (Lipinski definition) is 7. The lowest BCUT2D eigenvalue weighted by Gasteiger charge is -2.21. The van der Waals surface area contributed by atoms with Gasteiger partial charge in [0.25, 0.3) is 0 Å². The van der Waals surface area contributed by atoms with Gasteiger partial charge >= 0.3 is 17.9 Å². The topological polar surface area (TPSA) is 99.1 Å². The maximum Gasteiger partial charge on any atom is 0.310 e. The first-order valence-corrected chi connectivity index (χ1v) is 12.5. The van der Waals surface area contributed by atoms with Crippen LogP contribution in [0.15, 0.2) is 0 Å². The smallest absolute Gasteiger partial charge is 0.310 e. The van der Waals surface area contributed by atoms with E-state index in [4.69, 9.17) is 14.2 Å². The van der Waals surface area contributed by atoms with Crippen LogP contribution >= 0.6 is 0 Å². The summed E-state index contributed by atoms with van der Waals surface area (Å²) in [7, 11) is 0. The Hall–Kier alpha value is -1.63. The predicted molar refractivity (Wildman–Crippen MR) is 124 cm³/mol. The van der Waals surface area contributed by atoms with Crippen molar-refractivity contribution in [2.24, 2.45) is 11.8 Å². The van der Waals surface area contributed by atoms with Crippen LogP contribution in [0.1, 0.15) is 105 Å². The van der Waals surface area contributed by atoms with Gasteiger partial charge in [0.2, 0.25) is 0 Å². The molecule has 0 saturated carbocycles. The van der Waals surface area contributed by atoms with Gasteiger partial charge in [-0.1, -0.05) is 79.1 Å². The summed E-state index contributed by atoms with van der Waals surface area (Å²) in [6.07, 6.45) is 9.75. The molecule has 0 aliphatic rings. The number of rotatable bonds is 20. The molecule has 0 aliphatic heterocycles. The Morgan fingerprint density at radius 2 is 1.25 bits per heavy atom. The Labute approximate surface area is 194 Å². The van der Waals surface area contributed by atoms with Crippen molar-refractivity contribution in [3.05, 3.63) is 0 Å². The van der Waals surface area contributed by atoms with Crippen LogP contribution in [0.25, 0.3) is 0 Å². The van der Waals surface area contributed by atoms with Crippen LogP contribution in [0.3, 0.4) is 0 Å². The zero-order chi connectivity index (χ0) is 24.2. The maximum atomic E-state index is 12.7. The van der Waals surface area contributed by atoms with Gasteiger partial charge in [0.15, 0.2) is 0 Å². The molecule has 1 N–H and O–H groups in total. The van der Waals surface area contributed by atoms with E-state index in [-0.39, 0.29) is 19.6 Å². The molecule has 0 fully saturated rings. The second-order valence-corrected chi connectivity index (χ2v) is 8.51. The van der Waals surface area contributed by atoms with E-state index in [0.29, 0.717) is 13.0 Å². The summed E-state index contributed by atoms with van der Waals surface area (Å²) < 4.78 is 15.8. The van der Waals surface area contributed by atoms with Crippen molar-refractivity contribution >= 4 is 17.9 Å². The molecule has 7 heteroatoms. The average molecular weight is 459 g/mol. The van der Waals surface area contributed by atoms with Crippen molar-refractivity contribution in [1.29, 1.82) is 0 Å². The van der Waals surface area contributed by atoms with Crippen molar-refractivity contribution in [1.82, 2.24) is 0 Å². The van der Waals surface area contributed by atoms with Crippen LogP contribution < -0.4 is 0 Å². The summed E-state index contributed by atoms with van der Waals surface area (Å²) in [6.45, 7) is 8.04. The molecule has 0 aliphatic carbocycles. The summed E-state index contributed by atoms with van der Waals surface area (Å²) in [5.41, 5.74) is 0. The minimum Gasteiger partial charge on any atom is -0.466 e. The molecule has 0 aromatic heterocycles. The number of ether oxygens (including phenoxy) is 3. The quantitative estimate of drug-likeness (QED) is 0.156. The third kappa shape index (κ3) is 15.2. The summed E-state index contributed by atoms with van der Waals surface area (Å²) in [5.74, 6) is -3.57. The van der Waals surface area contributed by atoms with E-state index in [2.05, 4.69) is 13.8 Å². The second kappa shape index (κ2) is 20.0. The highest BCUT2D eigenvalue weighted by Gasteiger charge is 2.35. The Kier molecular flexibility index (Phi) is 19.0. The van der Waals surface area contributed by atoms with Crippen molar-refractivity contribution in [2.75, 3.05) is 19.8 Å². The first-order chi connectivity index (χ1) is 15.4. The molecular formula is C25H46O7. The molecule has 3 unspecified atom stereocenters. The summed E-state index contributed by atoms with van der Waals surface area (Å²) in [6, 6.07) is 0. The molecule has 7 nitrogen and oxygen atoms in total. The molecule has 32 heavy (non-hydrogen) atoms. The number of aliphatic hydroxyl groups is 1. The predicted octanol–water partition coefficient (Wildman–Crippen LogP) is 4.97. The number of carbonyl (C=O) groups excluding carboxylic acids is 3. The lowest BCUT2D eigenvalue weighted by atomic mass is 9.91. The number of esters is 3. The van der Waals surface area contributed by atoms with E-state index in [0.717, 1.165) is 64.2 Å². The van der Waals surface area contributed by atoms with E-state index in [1.54, 1.807) is 13.8 Å². The fourth-order valence-electron chi connectivity index (χ4n) is 3.17. The van der Waals surface area contributed by atoms with Gasteiger partial charge in [-0.15, -0.1) is 0 Å². The van der Waals surface area contributed by atoms with Crippen molar-refractivity contribution in [3.63, 3.8) is 0 Å². The third-order valence-electron chi connectivity index (χ3n) is 5.56. The van der Waals surface area contributed by atoms with Crippen LogP contribution in [-0.4, -0.2) is 48.9 Å². The Balaban J connectivity index is 4.73. The van der Waals surface area contributed by atoms with Gasteiger partial charge in [-0.2, -0.15) is 0 Å². The zero-order valence-electron chi connectivity index (χ0n) is 20.7. The molecule has 0 radical (unpaired) electrons. The molecule has 0 spiro atoms. The first kappa shape index (κ1) is 30.4. The number of unbranched alkanes of at least 4 members (excludes halogenated alkanes) is 8. The van der Waals surface area contributed by atoms with Gasteiger partial charge in [0.05, 0.1) is 37.6 Å². The average Bonchev–Trinajstić information content (AvgIpc) is 2.79. The van der Waals surface area contributed by atoms with Gasteiger partial charge in [0.1, 0.15) is 6.61 Å². The van der Waals surface area contributed by atoms with E-state index >= 15 is 0 Å².